The molecular weight excluding hydrogens is 414 g/mol. The Morgan fingerprint density at radius 2 is 1.81 bits per heavy atom. The Hall–Kier alpha value is -2.32. The number of piperidine rings is 1. The molecule has 0 unspecified atom stereocenters. The first-order chi connectivity index (χ1) is 14.8. The minimum absolute atomic E-state index is 0.180. The second-order valence-corrected chi connectivity index (χ2v) is 10.4. The van der Waals surface area contributed by atoms with Crippen LogP contribution in [-0.2, 0) is 23.5 Å². The molecule has 1 N–H and O–H groups in total. The highest BCUT2D eigenvalue weighted by atomic mass is 32.2. The number of nitrogens with zero attached hydrogens (tertiary/aromatic N) is 2. The number of benzene rings is 1. The molecule has 7 nitrogen and oxygen atoms in total. The van der Waals surface area contributed by atoms with Crippen molar-refractivity contribution < 1.29 is 17.9 Å². The fourth-order valence-corrected chi connectivity index (χ4v) is 5.17. The van der Waals surface area contributed by atoms with Crippen LogP contribution in [0.3, 0.4) is 0 Å². The fraction of sp³-hybridized carbons (Fsp3) is 0.522. The summed E-state index contributed by atoms with van der Waals surface area (Å²) in [6.45, 7) is 6.44. The summed E-state index contributed by atoms with van der Waals surface area (Å²) in [7, 11) is -1.86. The van der Waals surface area contributed by atoms with Gasteiger partial charge in [0.25, 0.3) is 5.91 Å². The summed E-state index contributed by atoms with van der Waals surface area (Å²) in [5, 5.41) is 2.89. The average Bonchev–Trinajstić information content (AvgIpc) is 3.16. The number of ether oxygens (including phenoxy) is 1. The zero-order valence-electron chi connectivity index (χ0n) is 18.6. The van der Waals surface area contributed by atoms with Crippen molar-refractivity contribution in [1.82, 2.24) is 14.2 Å². The van der Waals surface area contributed by atoms with Gasteiger partial charge < -0.3 is 14.6 Å². The predicted octanol–water partition coefficient (Wildman–Crippen LogP) is 3.21. The SMILES string of the molecule is CC(C)COc1ccc(CCNC(=O)c2cc(S(=O)(=O)N3CCCCC3)cn2C)cc1. The lowest BCUT2D eigenvalue weighted by Gasteiger charge is -2.25. The number of carbonyl (C=O) groups is 1. The summed E-state index contributed by atoms with van der Waals surface area (Å²) in [4.78, 5) is 12.8. The van der Waals surface area contributed by atoms with E-state index in [1.54, 1.807) is 11.6 Å². The first-order valence-corrected chi connectivity index (χ1v) is 12.4. The van der Waals surface area contributed by atoms with Crippen LogP contribution in [0.4, 0.5) is 0 Å². The van der Waals surface area contributed by atoms with E-state index in [1.807, 2.05) is 24.3 Å². The number of aromatic nitrogens is 1. The third-order valence-electron chi connectivity index (χ3n) is 5.37. The average molecular weight is 448 g/mol. The number of hydrogen-bond acceptors (Lipinski definition) is 4. The van der Waals surface area contributed by atoms with E-state index >= 15 is 0 Å². The minimum atomic E-state index is -3.55. The maximum atomic E-state index is 12.9. The Labute approximate surface area is 185 Å². The third kappa shape index (κ3) is 6.11. The molecule has 0 radical (unpaired) electrons. The Morgan fingerprint density at radius 1 is 1.13 bits per heavy atom. The molecule has 1 aliphatic rings. The van der Waals surface area contributed by atoms with Crippen LogP contribution in [0, 0.1) is 5.92 Å². The molecule has 1 aliphatic heterocycles. The highest BCUT2D eigenvalue weighted by Gasteiger charge is 2.28. The van der Waals surface area contributed by atoms with Crippen LogP contribution in [0.1, 0.15) is 49.2 Å². The number of amides is 1. The molecule has 1 aromatic heterocycles. The maximum Gasteiger partial charge on any atom is 0.267 e. The fourth-order valence-electron chi connectivity index (χ4n) is 3.58. The highest BCUT2D eigenvalue weighted by molar-refractivity contribution is 7.89. The molecule has 170 valence electrons. The second kappa shape index (κ2) is 10.3. The molecule has 0 bridgehead atoms. The topological polar surface area (TPSA) is 80.6 Å². The molecule has 1 saturated heterocycles. The van der Waals surface area contributed by atoms with E-state index in [0.717, 1.165) is 30.6 Å². The van der Waals surface area contributed by atoms with Gasteiger partial charge in [-0.05, 0) is 48.9 Å². The maximum absolute atomic E-state index is 12.9. The van der Waals surface area contributed by atoms with Crippen molar-refractivity contribution in [2.45, 2.75) is 44.4 Å². The van der Waals surface area contributed by atoms with Gasteiger partial charge in [-0.3, -0.25) is 4.79 Å². The molecule has 1 amide bonds. The quantitative estimate of drug-likeness (QED) is 0.640. The van der Waals surface area contributed by atoms with E-state index in [-0.39, 0.29) is 10.8 Å². The van der Waals surface area contributed by atoms with Crippen molar-refractivity contribution in [3.8, 4) is 5.75 Å². The van der Waals surface area contributed by atoms with E-state index in [2.05, 4.69) is 19.2 Å². The summed E-state index contributed by atoms with van der Waals surface area (Å²) in [6.07, 6.45) is 5.02. The van der Waals surface area contributed by atoms with Gasteiger partial charge in [0.1, 0.15) is 16.3 Å². The van der Waals surface area contributed by atoms with Crippen molar-refractivity contribution in [3.63, 3.8) is 0 Å². The van der Waals surface area contributed by atoms with Crippen molar-refractivity contribution in [1.29, 1.82) is 0 Å². The minimum Gasteiger partial charge on any atom is -0.493 e. The van der Waals surface area contributed by atoms with Crippen LogP contribution < -0.4 is 10.1 Å². The molecule has 31 heavy (non-hydrogen) atoms. The van der Waals surface area contributed by atoms with Gasteiger partial charge in [-0.1, -0.05) is 32.4 Å². The van der Waals surface area contributed by atoms with Gasteiger partial charge in [0, 0.05) is 32.9 Å². The van der Waals surface area contributed by atoms with Crippen LogP contribution in [0.5, 0.6) is 5.75 Å². The van der Waals surface area contributed by atoms with Gasteiger partial charge in [-0.15, -0.1) is 0 Å². The Kier molecular flexibility index (Phi) is 7.78. The summed E-state index contributed by atoms with van der Waals surface area (Å²) in [6, 6.07) is 9.34. The van der Waals surface area contributed by atoms with E-state index in [9.17, 15) is 13.2 Å². The summed E-state index contributed by atoms with van der Waals surface area (Å²) in [5.41, 5.74) is 1.44. The number of carbonyl (C=O) groups excluding carboxylic acids is 1. The Balaban J connectivity index is 1.55. The molecule has 2 heterocycles. The van der Waals surface area contributed by atoms with Crippen molar-refractivity contribution >= 4 is 15.9 Å². The van der Waals surface area contributed by atoms with Gasteiger partial charge in [-0.2, -0.15) is 4.31 Å². The molecule has 2 aromatic rings. The predicted molar refractivity (Wildman–Crippen MR) is 121 cm³/mol. The number of hydrogen-bond donors (Lipinski definition) is 1. The van der Waals surface area contributed by atoms with Gasteiger partial charge in [0.05, 0.1) is 6.61 Å². The number of sulfonamides is 1. The lowest BCUT2D eigenvalue weighted by molar-refractivity contribution is 0.0946. The number of rotatable bonds is 9. The second-order valence-electron chi connectivity index (χ2n) is 8.49. The van der Waals surface area contributed by atoms with E-state index in [0.29, 0.717) is 44.3 Å². The van der Waals surface area contributed by atoms with Crippen molar-refractivity contribution in [3.05, 3.63) is 47.8 Å². The van der Waals surface area contributed by atoms with Crippen LogP contribution in [0.25, 0.3) is 0 Å². The van der Waals surface area contributed by atoms with Gasteiger partial charge in [0.15, 0.2) is 0 Å². The normalized spacial score (nSPS) is 15.2. The molecule has 0 spiro atoms. The molecular formula is C23H33N3O4S. The van der Waals surface area contributed by atoms with Gasteiger partial charge in [-0.25, -0.2) is 8.42 Å². The van der Waals surface area contributed by atoms with Crippen molar-refractivity contribution in [2.75, 3.05) is 26.2 Å². The Morgan fingerprint density at radius 3 is 2.45 bits per heavy atom. The van der Waals surface area contributed by atoms with Crippen LogP contribution in [-0.4, -0.2) is 49.4 Å². The van der Waals surface area contributed by atoms with Gasteiger partial charge >= 0.3 is 0 Å². The van der Waals surface area contributed by atoms with Crippen LogP contribution in [0.15, 0.2) is 41.4 Å². The third-order valence-corrected chi connectivity index (χ3v) is 7.24. The summed E-state index contributed by atoms with van der Waals surface area (Å²) >= 11 is 0. The molecule has 3 rings (SSSR count). The number of nitrogens with one attached hydrogen (secondary N) is 1. The smallest absolute Gasteiger partial charge is 0.267 e. The molecule has 0 saturated carbocycles. The van der Waals surface area contributed by atoms with E-state index in [4.69, 9.17) is 4.74 Å². The first-order valence-electron chi connectivity index (χ1n) is 10.9. The molecule has 1 fully saturated rings. The lowest BCUT2D eigenvalue weighted by Crippen LogP contribution is -2.35. The molecule has 1 aromatic carbocycles. The standard InChI is InChI=1S/C23H33N3O4S/c1-18(2)17-30-20-9-7-19(8-10-20)11-12-24-23(27)22-15-21(16-25(22)3)31(28,29)26-13-5-4-6-14-26/h7-10,15-16,18H,4-6,11-14,17H2,1-3H3,(H,24,27). The molecule has 0 atom stereocenters. The van der Waals surface area contributed by atoms with E-state index in [1.165, 1.54) is 16.6 Å². The first kappa shape index (κ1) is 23.3. The summed E-state index contributed by atoms with van der Waals surface area (Å²) in [5.74, 6) is 1.04. The zero-order valence-corrected chi connectivity index (χ0v) is 19.5. The van der Waals surface area contributed by atoms with E-state index < -0.39 is 10.0 Å². The van der Waals surface area contributed by atoms with Crippen LogP contribution >= 0.6 is 0 Å². The largest absolute Gasteiger partial charge is 0.493 e. The highest BCUT2D eigenvalue weighted by Crippen LogP contribution is 2.22. The Bertz CT molecular complexity index is 975. The zero-order chi connectivity index (χ0) is 22.4. The molecule has 0 aliphatic carbocycles. The number of aryl methyl sites for hydroxylation is 1. The van der Waals surface area contributed by atoms with Crippen LogP contribution in [0.2, 0.25) is 0 Å². The lowest BCUT2D eigenvalue weighted by atomic mass is 10.1. The van der Waals surface area contributed by atoms with Gasteiger partial charge in [0.2, 0.25) is 10.0 Å². The molecule has 8 heteroatoms. The van der Waals surface area contributed by atoms with Crippen molar-refractivity contribution in [2.24, 2.45) is 13.0 Å². The summed E-state index contributed by atoms with van der Waals surface area (Å²) < 4.78 is 34.5. The monoisotopic (exact) mass is 447 g/mol.